The van der Waals surface area contributed by atoms with Gasteiger partial charge in [-0.2, -0.15) is 0 Å². The first-order valence-corrected chi connectivity index (χ1v) is 6.74. The van der Waals surface area contributed by atoms with Crippen molar-refractivity contribution in [3.63, 3.8) is 0 Å². The van der Waals surface area contributed by atoms with E-state index >= 15 is 0 Å². The molecule has 1 N–H and O–H groups in total. The third kappa shape index (κ3) is 2.58. The molecule has 0 radical (unpaired) electrons. The van der Waals surface area contributed by atoms with Crippen molar-refractivity contribution in [2.45, 2.75) is 57.7 Å². The number of rotatable bonds is 3. The van der Waals surface area contributed by atoms with Crippen LogP contribution in [0.2, 0.25) is 0 Å². The molecule has 3 nitrogen and oxygen atoms in total. The monoisotopic (exact) mass is 226 g/mol. The molecule has 3 unspecified atom stereocenters. The Balaban J connectivity index is 1.96. The van der Waals surface area contributed by atoms with Crippen molar-refractivity contribution in [2.75, 3.05) is 26.2 Å². The standard InChI is InChI=1S/C13H26N2O/c1-4-13(3)10-14-11(2)8-15(13)9-12-6-5-7-16-12/h11-12,14H,4-10H2,1-3H3. The molecule has 94 valence electrons. The Labute approximate surface area is 99.5 Å². The van der Waals surface area contributed by atoms with Crippen LogP contribution in [0.15, 0.2) is 0 Å². The fourth-order valence-electron chi connectivity index (χ4n) is 2.80. The van der Waals surface area contributed by atoms with Crippen molar-refractivity contribution in [3.05, 3.63) is 0 Å². The molecule has 16 heavy (non-hydrogen) atoms. The number of hydrogen-bond acceptors (Lipinski definition) is 3. The Morgan fingerprint density at radius 3 is 2.94 bits per heavy atom. The Hall–Kier alpha value is -0.120. The van der Waals surface area contributed by atoms with Crippen LogP contribution in [-0.4, -0.2) is 48.8 Å². The molecule has 2 saturated heterocycles. The third-order valence-electron chi connectivity index (χ3n) is 4.30. The fraction of sp³-hybridized carbons (Fsp3) is 1.00. The van der Waals surface area contributed by atoms with Crippen molar-refractivity contribution in [3.8, 4) is 0 Å². The summed E-state index contributed by atoms with van der Waals surface area (Å²) in [5.74, 6) is 0. The SMILES string of the molecule is CCC1(C)CNC(C)CN1CC1CCCO1. The van der Waals surface area contributed by atoms with E-state index in [-0.39, 0.29) is 0 Å². The third-order valence-corrected chi connectivity index (χ3v) is 4.30. The van der Waals surface area contributed by atoms with E-state index < -0.39 is 0 Å². The smallest absolute Gasteiger partial charge is 0.0703 e. The van der Waals surface area contributed by atoms with Crippen molar-refractivity contribution in [2.24, 2.45) is 0 Å². The fourth-order valence-corrected chi connectivity index (χ4v) is 2.80. The van der Waals surface area contributed by atoms with E-state index in [1.54, 1.807) is 0 Å². The maximum absolute atomic E-state index is 5.77. The summed E-state index contributed by atoms with van der Waals surface area (Å²) < 4.78 is 5.77. The lowest BCUT2D eigenvalue weighted by molar-refractivity contribution is 0.000147. The van der Waals surface area contributed by atoms with Crippen molar-refractivity contribution < 1.29 is 4.74 Å². The van der Waals surface area contributed by atoms with Crippen LogP contribution in [-0.2, 0) is 4.74 Å². The molecule has 2 heterocycles. The number of hydrogen-bond donors (Lipinski definition) is 1. The molecule has 0 aliphatic carbocycles. The molecule has 0 aromatic heterocycles. The van der Waals surface area contributed by atoms with Crippen molar-refractivity contribution in [1.82, 2.24) is 10.2 Å². The summed E-state index contributed by atoms with van der Waals surface area (Å²) in [6.07, 6.45) is 4.18. The topological polar surface area (TPSA) is 24.5 Å². The highest BCUT2D eigenvalue weighted by Crippen LogP contribution is 2.25. The minimum atomic E-state index is 0.318. The summed E-state index contributed by atoms with van der Waals surface area (Å²) in [7, 11) is 0. The molecule has 0 bridgehead atoms. The Morgan fingerprint density at radius 1 is 1.50 bits per heavy atom. The van der Waals surface area contributed by atoms with Crippen molar-refractivity contribution >= 4 is 0 Å². The summed E-state index contributed by atoms with van der Waals surface area (Å²) in [6, 6.07) is 0.612. The molecule has 2 rings (SSSR count). The largest absolute Gasteiger partial charge is 0.377 e. The second-order valence-electron chi connectivity index (χ2n) is 5.67. The van der Waals surface area contributed by atoms with E-state index in [9.17, 15) is 0 Å². The van der Waals surface area contributed by atoms with Gasteiger partial charge in [0.05, 0.1) is 6.10 Å². The molecule has 0 aromatic rings. The number of ether oxygens (including phenoxy) is 1. The van der Waals surface area contributed by atoms with Crippen LogP contribution in [0.5, 0.6) is 0 Å². The molecule has 0 spiro atoms. The zero-order valence-electron chi connectivity index (χ0n) is 11.0. The molecule has 3 heteroatoms. The highest BCUT2D eigenvalue weighted by atomic mass is 16.5. The Bertz CT molecular complexity index is 228. The normalized spacial score (nSPS) is 41.4. The summed E-state index contributed by atoms with van der Waals surface area (Å²) in [5, 5.41) is 3.60. The lowest BCUT2D eigenvalue weighted by atomic mass is 9.92. The molecule has 2 fully saturated rings. The first-order valence-electron chi connectivity index (χ1n) is 6.74. The van der Waals surface area contributed by atoms with Gasteiger partial charge in [-0.25, -0.2) is 0 Å². The minimum absolute atomic E-state index is 0.318. The predicted molar refractivity (Wildman–Crippen MR) is 66.7 cm³/mol. The van der Waals surface area contributed by atoms with Gasteiger partial charge in [0.1, 0.15) is 0 Å². The van der Waals surface area contributed by atoms with Gasteiger partial charge in [-0.15, -0.1) is 0 Å². The second-order valence-corrected chi connectivity index (χ2v) is 5.67. The quantitative estimate of drug-likeness (QED) is 0.791. The van der Waals surface area contributed by atoms with Gasteiger partial charge in [0.2, 0.25) is 0 Å². The van der Waals surface area contributed by atoms with Crippen LogP contribution in [0.3, 0.4) is 0 Å². The van der Waals surface area contributed by atoms with Gasteiger partial charge in [0.25, 0.3) is 0 Å². The van der Waals surface area contributed by atoms with Crippen LogP contribution in [0.1, 0.15) is 40.0 Å². The zero-order valence-corrected chi connectivity index (χ0v) is 11.0. The van der Waals surface area contributed by atoms with E-state index in [0.717, 1.165) is 26.2 Å². The van der Waals surface area contributed by atoms with E-state index in [1.807, 2.05) is 0 Å². The van der Waals surface area contributed by atoms with Gasteiger partial charge in [0.15, 0.2) is 0 Å². The highest BCUT2D eigenvalue weighted by molar-refractivity contribution is 4.95. The number of nitrogens with zero attached hydrogens (tertiary/aromatic N) is 1. The molecular formula is C13H26N2O. The first-order chi connectivity index (χ1) is 7.64. The average molecular weight is 226 g/mol. The maximum atomic E-state index is 5.77. The van der Waals surface area contributed by atoms with Gasteiger partial charge in [-0.05, 0) is 33.1 Å². The van der Waals surface area contributed by atoms with Crippen LogP contribution in [0.4, 0.5) is 0 Å². The summed E-state index contributed by atoms with van der Waals surface area (Å²) in [6.45, 7) is 11.3. The summed E-state index contributed by atoms with van der Waals surface area (Å²) >= 11 is 0. The molecule has 0 saturated carbocycles. The van der Waals surface area contributed by atoms with Crippen LogP contribution < -0.4 is 5.32 Å². The molecule has 2 aliphatic heterocycles. The van der Waals surface area contributed by atoms with Gasteiger partial charge in [-0.3, -0.25) is 4.90 Å². The van der Waals surface area contributed by atoms with E-state index in [4.69, 9.17) is 4.74 Å². The van der Waals surface area contributed by atoms with E-state index in [0.29, 0.717) is 17.7 Å². The zero-order chi connectivity index (χ0) is 11.6. The van der Waals surface area contributed by atoms with Gasteiger partial charge < -0.3 is 10.1 Å². The van der Waals surface area contributed by atoms with Crippen LogP contribution >= 0.6 is 0 Å². The lowest BCUT2D eigenvalue weighted by Crippen LogP contribution is -2.63. The van der Waals surface area contributed by atoms with Gasteiger partial charge >= 0.3 is 0 Å². The average Bonchev–Trinajstić information content (AvgIpc) is 2.77. The molecular weight excluding hydrogens is 200 g/mol. The lowest BCUT2D eigenvalue weighted by Gasteiger charge is -2.48. The number of nitrogens with one attached hydrogen (secondary N) is 1. The number of piperazine rings is 1. The van der Waals surface area contributed by atoms with Crippen molar-refractivity contribution in [1.29, 1.82) is 0 Å². The molecule has 0 aromatic carbocycles. The molecule has 2 aliphatic rings. The van der Waals surface area contributed by atoms with E-state index in [1.165, 1.54) is 19.3 Å². The van der Waals surface area contributed by atoms with E-state index in [2.05, 4.69) is 31.0 Å². The van der Waals surface area contributed by atoms with Gasteiger partial charge in [0, 0.05) is 37.8 Å². The summed E-state index contributed by atoms with van der Waals surface area (Å²) in [5.41, 5.74) is 0.318. The van der Waals surface area contributed by atoms with Crippen LogP contribution in [0.25, 0.3) is 0 Å². The summed E-state index contributed by atoms with van der Waals surface area (Å²) in [4.78, 5) is 2.64. The van der Waals surface area contributed by atoms with Gasteiger partial charge in [-0.1, -0.05) is 6.92 Å². The Kier molecular flexibility index (Phi) is 3.88. The molecule has 3 atom stereocenters. The minimum Gasteiger partial charge on any atom is -0.377 e. The maximum Gasteiger partial charge on any atom is 0.0703 e. The highest BCUT2D eigenvalue weighted by Gasteiger charge is 2.36. The van der Waals surface area contributed by atoms with Crippen LogP contribution in [0, 0.1) is 0 Å². The predicted octanol–water partition coefficient (Wildman–Crippen LogP) is 1.63. The second kappa shape index (κ2) is 5.03. The molecule has 0 amide bonds. The Morgan fingerprint density at radius 2 is 2.31 bits per heavy atom. The first kappa shape index (κ1) is 12.3.